The van der Waals surface area contributed by atoms with Gasteiger partial charge in [-0.3, -0.25) is 5.32 Å². The first-order valence-electron chi connectivity index (χ1n) is 4.43. The van der Waals surface area contributed by atoms with E-state index < -0.39 is 11.7 Å². The number of rotatable bonds is 0. The Morgan fingerprint density at radius 1 is 1.64 bits per heavy atom. The molecule has 1 aliphatic heterocycles. The summed E-state index contributed by atoms with van der Waals surface area (Å²) >= 11 is 0. The second-order valence-electron chi connectivity index (χ2n) is 3.86. The summed E-state index contributed by atoms with van der Waals surface area (Å²) in [5.74, 6) is 0.418. The summed E-state index contributed by atoms with van der Waals surface area (Å²) in [4.78, 5) is 15.3. The van der Waals surface area contributed by atoms with E-state index in [9.17, 15) is 4.79 Å². The van der Waals surface area contributed by atoms with Gasteiger partial charge in [0.1, 0.15) is 5.60 Å². The van der Waals surface area contributed by atoms with Crippen LogP contribution in [0.2, 0.25) is 0 Å². The lowest BCUT2D eigenvalue weighted by Crippen LogP contribution is -2.42. The lowest BCUT2D eigenvalue weighted by molar-refractivity contribution is 0.0561. The van der Waals surface area contributed by atoms with Crippen molar-refractivity contribution in [2.24, 2.45) is 4.99 Å². The molecule has 0 saturated heterocycles. The largest absolute Gasteiger partial charge is 0.444 e. The number of carbonyl (C=O) groups is 1. The second-order valence-corrected chi connectivity index (χ2v) is 3.86. The lowest BCUT2D eigenvalue weighted by atomic mass is 10.2. The summed E-state index contributed by atoms with van der Waals surface area (Å²) in [5.41, 5.74) is -0.491. The average Bonchev–Trinajstić information content (AvgIpc) is 2.02. The van der Waals surface area contributed by atoms with Crippen molar-refractivity contribution in [1.29, 1.82) is 0 Å². The number of guanidine groups is 1. The first-order chi connectivity index (χ1) is 6.47. The van der Waals surface area contributed by atoms with E-state index in [0.29, 0.717) is 12.5 Å². The number of ether oxygens (including phenoxy) is 1. The summed E-state index contributed by atoms with van der Waals surface area (Å²) in [6, 6.07) is 0. The Hall–Kier alpha value is -1.52. The highest BCUT2D eigenvalue weighted by molar-refractivity contribution is 5.94. The van der Waals surface area contributed by atoms with Gasteiger partial charge in [0.05, 0.1) is 6.54 Å². The van der Waals surface area contributed by atoms with E-state index in [4.69, 9.17) is 4.74 Å². The van der Waals surface area contributed by atoms with Gasteiger partial charge in [-0.2, -0.15) is 0 Å². The maximum Gasteiger partial charge on any atom is 0.414 e. The van der Waals surface area contributed by atoms with E-state index in [1.807, 2.05) is 26.8 Å². The molecule has 0 aromatic rings. The number of amides is 1. The molecular weight excluding hydrogens is 182 g/mol. The third kappa shape index (κ3) is 3.93. The normalized spacial score (nSPS) is 15.5. The van der Waals surface area contributed by atoms with Crippen LogP contribution in [-0.2, 0) is 4.74 Å². The highest BCUT2D eigenvalue weighted by atomic mass is 16.6. The van der Waals surface area contributed by atoms with Gasteiger partial charge in [0, 0.05) is 6.20 Å². The first kappa shape index (κ1) is 10.6. The minimum absolute atomic E-state index is 0.418. The molecule has 0 aromatic heterocycles. The molecule has 14 heavy (non-hydrogen) atoms. The van der Waals surface area contributed by atoms with Crippen molar-refractivity contribution in [3.8, 4) is 0 Å². The van der Waals surface area contributed by atoms with Crippen LogP contribution >= 0.6 is 0 Å². The average molecular weight is 197 g/mol. The molecule has 0 bridgehead atoms. The molecule has 0 fully saturated rings. The van der Waals surface area contributed by atoms with Crippen LogP contribution in [0.4, 0.5) is 4.79 Å². The van der Waals surface area contributed by atoms with Crippen molar-refractivity contribution in [3.05, 3.63) is 12.3 Å². The molecule has 0 atom stereocenters. The monoisotopic (exact) mass is 197 g/mol. The molecular formula is C9H15N3O2. The standard InChI is InChI=1S/C9H15N3O2/c1-9(2,3)14-8(13)12-7-10-5-4-6-11-7/h4-5H,6H2,1-3H3,(H2,10,11,12,13). The van der Waals surface area contributed by atoms with E-state index in [1.165, 1.54) is 0 Å². The van der Waals surface area contributed by atoms with Gasteiger partial charge < -0.3 is 10.1 Å². The highest BCUT2D eigenvalue weighted by Crippen LogP contribution is 2.06. The second kappa shape index (κ2) is 4.13. The molecule has 1 rings (SSSR count). The fourth-order valence-corrected chi connectivity index (χ4v) is 0.856. The number of carbonyl (C=O) groups excluding carboxylic acids is 1. The van der Waals surface area contributed by atoms with Crippen LogP contribution in [0.15, 0.2) is 17.3 Å². The van der Waals surface area contributed by atoms with Gasteiger partial charge in [-0.05, 0) is 26.8 Å². The van der Waals surface area contributed by atoms with E-state index in [0.717, 1.165) is 0 Å². The van der Waals surface area contributed by atoms with E-state index in [2.05, 4.69) is 15.6 Å². The van der Waals surface area contributed by atoms with Gasteiger partial charge in [0.15, 0.2) is 0 Å². The zero-order chi connectivity index (χ0) is 10.6. The smallest absolute Gasteiger partial charge is 0.414 e. The Morgan fingerprint density at radius 3 is 2.86 bits per heavy atom. The quantitative estimate of drug-likeness (QED) is 0.608. The predicted octanol–water partition coefficient (Wildman–Crippen LogP) is 0.984. The van der Waals surface area contributed by atoms with Gasteiger partial charge in [-0.1, -0.05) is 0 Å². The maximum absolute atomic E-state index is 11.2. The number of hydrogen-bond donors (Lipinski definition) is 2. The fourth-order valence-electron chi connectivity index (χ4n) is 0.856. The van der Waals surface area contributed by atoms with Crippen LogP contribution in [-0.4, -0.2) is 24.2 Å². The maximum atomic E-state index is 11.2. The predicted molar refractivity (Wildman–Crippen MR) is 53.9 cm³/mol. The summed E-state index contributed by atoms with van der Waals surface area (Å²) in [7, 11) is 0. The number of hydrogen-bond acceptors (Lipinski definition) is 4. The minimum Gasteiger partial charge on any atom is -0.444 e. The molecule has 0 radical (unpaired) electrons. The fraction of sp³-hybridized carbons (Fsp3) is 0.556. The van der Waals surface area contributed by atoms with Crippen LogP contribution in [0.1, 0.15) is 20.8 Å². The Kier molecular flexibility index (Phi) is 3.11. The van der Waals surface area contributed by atoms with Crippen molar-refractivity contribution in [2.45, 2.75) is 26.4 Å². The zero-order valence-electron chi connectivity index (χ0n) is 8.63. The van der Waals surface area contributed by atoms with Gasteiger partial charge in [0.25, 0.3) is 0 Å². The molecule has 1 heterocycles. The summed E-state index contributed by atoms with van der Waals surface area (Å²) in [6.45, 7) is 5.99. The molecule has 0 saturated carbocycles. The van der Waals surface area contributed by atoms with Crippen LogP contribution in [0, 0.1) is 0 Å². The third-order valence-corrected chi connectivity index (χ3v) is 1.31. The van der Waals surface area contributed by atoms with E-state index in [1.54, 1.807) is 6.20 Å². The molecule has 78 valence electrons. The van der Waals surface area contributed by atoms with Crippen molar-refractivity contribution >= 4 is 12.1 Å². The van der Waals surface area contributed by atoms with Gasteiger partial charge in [-0.25, -0.2) is 9.79 Å². The molecule has 5 heteroatoms. The van der Waals surface area contributed by atoms with Crippen LogP contribution in [0.5, 0.6) is 0 Å². The van der Waals surface area contributed by atoms with Gasteiger partial charge >= 0.3 is 6.09 Å². The topological polar surface area (TPSA) is 62.7 Å². The number of aliphatic imine (C=N–C) groups is 1. The number of nitrogens with zero attached hydrogens (tertiary/aromatic N) is 1. The van der Waals surface area contributed by atoms with Crippen molar-refractivity contribution in [2.75, 3.05) is 6.54 Å². The molecule has 5 nitrogen and oxygen atoms in total. The molecule has 0 aromatic carbocycles. The Labute approximate surface area is 83.2 Å². The summed E-state index contributed by atoms with van der Waals surface area (Å²) in [6.07, 6.45) is 3.07. The van der Waals surface area contributed by atoms with Crippen molar-refractivity contribution < 1.29 is 9.53 Å². The van der Waals surface area contributed by atoms with E-state index in [-0.39, 0.29) is 0 Å². The van der Waals surface area contributed by atoms with Crippen LogP contribution in [0.25, 0.3) is 0 Å². The minimum atomic E-state index is -0.501. The molecule has 2 N–H and O–H groups in total. The third-order valence-electron chi connectivity index (χ3n) is 1.31. The first-order valence-corrected chi connectivity index (χ1v) is 4.43. The number of alkyl carbamates (subject to hydrolysis) is 1. The summed E-state index contributed by atoms with van der Waals surface area (Å²) < 4.78 is 5.05. The van der Waals surface area contributed by atoms with E-state index >= 15 is 0 Å². The SMILES string of the molecule is CC(C)(C)OC(=O)NC1=NCC=CN1. The van der Waals surface area contributed by atoms with Gasteiger partial charge in [0.2, 0.25) is 5.96 Å². The van der Waals surface area contributed by atoms with Crippen molar-refractivity contribution in [3.63, 3.8) is 0 Å². The molecule has 0 unspecified atom stereocenters. The molecule has 1 amide bonds. The number of nitrogens with one attached hydrogen (secondary N) is 2. The van der Waals surface area contributed by atoms with Gasteiger partial charge in [-0.15, -0.1) is 0 Å². The Bertz CT molecular complexity index is 276. The Morgan fingerprint density at radius 2 is 2.36 bits per heavy atom. The Balaban J connectivity index is 2.37. The molecule has 1 aliphatic rings. The molecule has 0 spiro atoms. The highest BCUT2D eigenvalue weighted by Gasteiger charge is 2.17. The lowest BCUT2D eigenvalue weighted by Gasteiger charge is -2.20. The van der Waals surface area contributed by atoms with Crippen molar-refractivity contribution in [1.82, 2.24) is 10.6 Å². The summed E-state index contributed by atoms with van der Waals surface area (Å²) in [5, 5.41) is 5.30. The zero-order valence-corrected chi connectivity index (χ0v) is 8.63. The van der Waals surface area contributed by atoms with Crippen LogP contribution < -0.4 is 10.6 Å². The van der Waals surface area contributed by atoms with Crippen LogP contribution in [0.3, 0.4) is 0 Å². The molecule has 0 aliphatic carbocycles.